The predicted molar refractivity (Wildman–Crippen MR) is 136 cm³/mol. The summed E-state index contributed by atoms with van der Waals surface area (Å²) in [5.74, 6) is 0.693. The van der Waals surface area contributed by atoms with Gasteiger partial charge in [0.25, 0.3) is 0 Å². The van der Waals surface area contributed by atoms with E-state index in [0.717, 1.165) is 29.8 Å². The minimum Gasteiger partial charge on any atom is -0.326 e. The molecule has 0 aliphatic carbocycles. The quantitative estimate of drug-likeness (QED) is 0.368. The number of carbonyl (C=O) groups excluding carboxylic acids is 2. The van der Waals surface area contributed by atoms with E-state index in [1.54, 1.807) is 11.8 Å². The molecule has 1 fully saturated rings. The van der Waals surface area contributed by atoms with Gasteiger partial charge < -0.3 is 5.32 Å². The summed E-state index contributed by atoms with van der Waals surface area (Å²) in [5, 5.41) is 2.97. The van der Waals surface area contributed by atoms with Crippen molar-refractivity contribution in [1.29, 1.82) is 0 Å². The zero-order valence-corrected chi connectivity index (χ0v) is 20.5. The number of unbranched alkanes of at least 4 members (excludes halogenated alkanes) is 6. The monoisotopic (exact) mass is 452 g/mol. The van der Waals surface area contributed by atoms with E-state index in [9.17, 15) is 9.59 Å². The number of benzene rings is 2. The van der Waals surface area contributed by atoms with Gasteiger partial charge in [-0.25, -0.2) is 0 Å². The minimum absolute atomic E-state index is 0.0398. The zero-order valence-electron chi connectivity index (χ0n) is 19.7. The molecule has 2 aromatic carbocycles. The molecule has 0 aromatic heterocycles. The normalized spacial score (nSPS) is 15.9. The first-order chi connectivity index (χ1) is 15.5. The Morgan fingerprint density at radius 2 is 1.66 bits per heavy atom. The fourth-order valence-corrected chi connectivity index (χ4v) is 5.20. The first-order valence-electron chi connectivity index (χ1n) is 11.9. The van der Waals surface area contributed by atoms with E-state index in [0.29, 0.717) is 12.2 Å². The van der Waals surface area contributed by atoms with E-state index >= 15 is 0 Å². The van der Waals surface area contributed by atoms with Crippen molar-refractivity contribution in [3.05, 3.63) is 59.2 Å². The average molecular weight is 453 g/mol. The molecule has 0 radical (unpaired) electrons. The molecule has 2 aromatic rings. The predicted octanol–water partition coefficient (Wildman–Crippen LogP) is 7.16. The molecule has 3 rings (SSSR count). The molecule has 0 saturated carbocycles. The summed E-state index contributed by atoms with van der Waals surface area (Å²) in [6.45, 7) is 6.38. The molecule has 0 bridgehead atoms. The van der Waals surface area contributed by atoms with Crippen LogP contribution in [0.4, 0.5) is 11.4 Å². The highest BCUT2D eigenvalue weighted by Gasteiger charge is 2.34. The molecule has 1 atom stereocenters. The molecule has 1 saturated heterocycles. The van der Waals surface area contributed by atoms with Crippen molar-refractivity contribution in [2.75, 3.05) is 16.0 Å². The second-order valence-electron chi connectivity index (χ2n) is 8.74. The lowest BCUT2D eigenvalue weighted by molar-refractivity contribution is -0.116. The Hall–Kier alpha value is -2.27. The molecule has 4 nitrogen and oxygen atoms in total. The lowest BCUT2D eigenvalue weighted by Gasteiger charge is -2.25. The maximum Gasteiger partial charge on any atom is 0.238 e. The van der Waals surface area contributed by atoms with Crippen LogP contribution in [0.25, 0.3) is 0 Å². The van der Waals surface area contributed by atoms with E-state index < -0.39 is 0 Å². The third-order valence-electron chi connectivity index (χ3n) is 6.12. The second kappa shape index (κ2) is 12.1. The Kier molecular flexibility index (Phi) is 9.22. The van der Waals surface area contributed by atoms with Gasteiger partial charge in [-0.2, -0.15) is 0 Å². The van der Waals surface area contributed by atoms with Crippen molar-refractivity contribution in [2.24, 2.45) is 0 Å². The number of rotatable bonds is 11. The highest BCUT2D eigenvalue weighted by molar-refractivity contribution is 8.00. The molecule has 1 aliphatic heterocycles. The van der Waals surface area contributed by atoms with Crippen molar-refractivity contribution >= 4 is 35.0 Å². The zero-order chi connectivity index (χ0) is 22.9. The first-order valence-corrected chi connectivity index (χ1v) is 12.9. The fraction of sp³-hybridized carbons (Fsp3) is 0.481. The van der Waals surface area contributed by atoms with Crippen molar-refractivity contribution < 1.29 is 9.59 Å². The second-order valence-corrected chi connectivity index (χ2v) is 9.81. The van der Waals surface area contributed by atoms with Crippen LogP contribution >= 0.6 is 11.8 Å². The first kappa shape index (κ1) is 24.4. The van der Waals surface area contributed by atoms with Gasteiger partial charge in [-0.15, -0.1) is 11.8 Å². The summed E-state index contributed by atoms with van der Waals surface area (Å²) in [5.41, 5.74) is 5.24. The molecule has 1 aliphatic rings. The Morgan fingerprint density at radius 3 is 2.34 bits per heavy atom. The van der Waals surface area contributed by atoms with E-state index in [2.05, 4.69) is 38.2 Å². The topological polar surface area (TPSA) is 49.4 Å². The van der Waals surface area contributed by atoms with Crippen LogP contribution in [-0.4, -0.2) is 17.6 Å². The smallest absolute Gasteiger partial charge is 0.238 e. The molecule has 5 heteroatoms. The Balaban J connectivity index is 1.53. The number of nitrogens with one attached hydrogen (secondary N) is 1. The molecule has 172 valence electrons. The largest absolute Gasteiger partial charge is 0.326 e. The van der Waals surface area contributed by atoms with Crippen LogP contribution in [0.2, 0.25) is 0 Å². The third kappa shape index (κ3) is 6.61. The number of aryl methyl sites for hydroxylation is 2. The van der Waals surface area contributed by atoms with Crippen LogP contribution in [0.15, 0.2) is 42.5 Å². The number of hydrogen-bond acceptors (Lipinski definition) is 3. The number of thioether (sulfide) groups is 1. The molecule has 1 heterocycles. The van der Waals surface area contributed by atoms with Gasteiger partial charge in [0.1, 0.15) is 5.37 Å². The van der Waals surface area contributed by atoms with E-state index in [1.165, 1.54) is 43.2 Å². The highest BCUT2D eigenvalue weighted by Crippen LogP contribution is 2.42. The van der Waals surface area contributed by atoms with Crippen LogP contribution in [0.5, 0.6) is 0 Å². The third-order valence-corrected chi connectivity index (χ3v) is 7.34. The van der Waals surface area contributed by atoms with Crippen molar-refractivity contribution in [3.63, 3.8) is 0 Å². The van der Waals surface area contributed by atoms with Gasteiger partial charge in [0.05, 0.1) is 5.75 Å². The van der Waals surface area contributed by atoms with Crippen molar-refractivity contribution in [3.8, 4) is 0 Å². The van der Waals surface area contributed by atoms with Crippen LogP contribution in [0.3, 0.4) is 0 Å². The van der Waals surface area contributed by atoms with E-state index in [1.807, 2.05) is 35.2 Å². The minimum atomic E-state index is -0.0398. The van der Waals surface area contributed by atoms with Crippen molar-refractivity contribution in [1.82, 2.24) is 0 Å². The SMILES string of the molecule is CCCCCCCCCC(=O)Nc1ccc(C2SCC(=O)N2c2ccc(C)c(C)c2)cc1. The summed E-state index contributed by atoms with van der Waals surface area (Å²) in [7, 11) is 0. The van der Waals surface area contributed by atoms with Gasteiger partial charge in [-0.1, -0.05) is 63.6 Å². The van der Waals surface area contributed by atoms with Crippen LogP contribution < -0.4 is 10.2 Å². The summed E-state index contributed by atoms with van der Waals surface area (Å²) in [4.78, 5) is 26.8. The van der Waals surface area contributed by atoms with Crippen molar-refractivity contribution in [2.45, 2.75) is 77.5 Å². The Labute approximate surface area is 197 Å². The average Bonchev–Trinajstić information content (AvgIpc) is 3.17. The van der Waals surface area contributed by atoms with E-state index in [4.69, 9.17) is 0 Å². The van der Waals surface area contributed by atoms with Crippen LogP contribution in [-0.2, 0) is 9.59 Å². The van der Waals surface area contributed by atoms with Gasteiger partial charge in [0.15, 0.2) is 0 Å². The molecule has 1 N–H and O–H groups in total. The summed E-state index contributed by atoms with van der Waals surface area (Å²) < 4.78 is 0. The number of nitrogens with zero attached hydrogens (tertiary/aromatic N) is 1. The van der Waals surface area contributed by atoms with Gasteiger partial charge in [-0.05, 0) is 61.2 Å². The van der Waals surface area contributed by atoms with E-state index in [-0.39, 0.29) is 17.2 Å². The molecular weight excluding hydrogens is 416 g/mol. The molecular formula is C27H36N2O2S. The van der Waals surface area contributed by atoms with Gasteiger partial charge in [-0.3, -0.25) is 14.5 Å². The maximum absolute atomic E-state index is 12.6. The standard InChI is InChI=1S/C27H36N2O2S/c1-4-5-6-7-8-9-10-11-25(30)28-23-15-13-22(14-16-23)27-29(26(31)19-32-27)24-17-12-20(2)21(3)18-24/h12-18,27H,4-11,19H2,1-3H3,(H,28,30). The number of hydrogen-bond donors (Lipinski definition) is 1. The summed E-state index contributed by atoms with van der Waals surface area (Å²) in [6, 6.07) is 14.1. The van der Waals surface area contributed by atoms with Gasteiger partial charge in [0, 0.05) is 17.8 Å². The Morgan fingerprint density at radius 1 is 0.969 bits per heavy atom. The van der Waals surface area contributed by atoms with Crippen LogP contribution in [0.1, 0.15) is 80.4 Å². The lowest BCUT2D eigenvalue weighted by atomic mass is 10.1. The van der Waals surface area contributed by atoms with Crippen LogP contribution in [0, 0.1) is 13.8 Å². The summed E-state index contributed by atoms with van der Waals surface area (Å²) in [6.07, 6.45) is 9.02. The summed E-state index contributed by atoms with van der Waals surface area (Å²) >= 11 is 1.65. The molecule has 32 heavy (non-hydrogen) atoms. The number of anilines is 2. The fourth-order valence-electron chi connectivity index (χ4n) is 4.02. The highest BCUT2D eigenvalue weighted by atomic mass is 32.2. The van der Waals surface area contributed by atoms with Gasteiger partial charge in [0.2, 0.25) is 11.8 Å². The Bertz CT molecular complexity index is 910. The molecule has 1 unspecified atom stereocenters. The number of carbonyl (C=O) groups is 2. The molecule has 0 spiro atoms. The molecule has 2 amide bonds. The maximum atomic E-state index is 12.6. The number of amides is 2. The van der Waals surface area contributed by atoms with Gasteiger partial charge >= 0.3 is 0 Å². The lowest BCUT2D eigenvalue weighted by Crippen LogP contribution is -2.27.